The molecule has 1 amide bonds. The van der Waals surface area contributed by atoms with Gasteiger partial charge in [0.1, 0.15) is 0 Å². The number of nitro benzene ring substituents is 1. The van der Waals surface area contributed by atoms with Crippen LogP contribution in [-0.2, 0) is 4.79 Å². The van der Waals surface area contributed by atoms with E-state index in [1.54, 1.807) is 0 Å². The number of rotatable bonds is 4. The third kappa shape index (κ3) is 2.95. The van der Waals surface area contributed by atoms with Crippen LogP contribution in [0, 0.1) is 27.4 Å². The van der Waals surface area contributed by atoms with Crippen molar-refractivity contribution in [3.8, 4) is 0 Å². The van der Waals surface area contributed by atoms with E-state index in [-0.39, 0.29) is 22.9 Å². The zero-order chi connectivity index (χ0) is 16.6. The summed E-state index contributed by atoms with van der Waals surface area (Å²) in [5, 5.41) is 15.0. The third-order valence-corrected chi connectivity index (χ3v) is 5.53. The average Bonchev–Trinajstić information content (AvgIpc) is 3.14. The molecule has 6 nitrogen and oxygen atoms in total. The number of benzene rings is 1. The van der Waals surface area contributed by atoms with Crippen LogP contribution < -0.4 is 5.43 Å². The average molecular weight is 336 g/mol. The minimum atomic E-state index is -0.498. The number of non-ortho nitro benzene ring substituents is 1. The molecule has 1 aromatic carbocycles. The van der Waals surface area contributed by atoms with Crippen molar-refractivity contribution in [3.05, 3.63) is 38.9 Å². The van der Waals surface area contributed by atoms with Gasteiger partial charge in [-0.05, 0) is 30.2 Å². The first-order chi connectivity index (χ1) is 10.9. The van der Waals surface area contributed by atoms with E-state index >= 15 is 0 Å². The monoisotopic (exact) mass is 335 g/mol. The van der Waals surface area contributed by atoms with E-state index in [4.69, 9.17) is 11.6 Å². The molecular weight excluding hydrogens is 318 g/mol. The topological polar surface area (TPSA) is 84.6 Å². The number of nitro groups is 1. The maximum atomic E-state index is 12.3. The highest BCUT2D eigenvalue weighted by Crippen LogP contribution is 2.66. The molecule has 1 aromatic rings. The van der Waals surface area contributed by atoms with Gasteiger partial charge in [0.25, 0.3) is 5.69 Å². The maximum Gasteiger partial charge on any atom is 0.270 e. The number of amides is 1. The Kier molecular flexibility index (Phi) is 4.10. The Bertz CT molecular complexity index is 691. The van der Waals surface area contributed by atoms with Gasteiger partial charge in [0, 0.05) is 28.6 Å². The molecule has 2 saturated carbocycles. The number of fused-ring (bicyclic) bond motifs is 1. The number of halogens is 1. The zero-order valence-corrected chi connectivity index (χ0v) is 13.5. The summed E-state index contributed by atoms with van der Waals surface area (Å²) < 4.78 is 0. The second-order valence-electron chi connectivity index (χ2n) is 6.53. The molecule has 2 fully saturated rings. The van der Waals surface area contributed by atoms with Gasteiger partial charge in [-0.3, -0.25) is 14.9 Å². The van der Waals surface area contributed by atoms with Crippen molar-refractivity contribution >= 4 is 29.4 Å². The van der Waals surface area contributed by atoms with Crippen LogP contribution in [0.2, 0.25) is 5.02 Å². The van der Waals surface area contributed by atoms with Crippen molar-refractivity contribution < 1.29 is 9.72 Å². The third-order valence-electron chi connectivity index (χ3n) is 5.18. The van der Waals surface area contributed by atoms with Crippen molar-refractivity contribution in [1.29, 1.82) is 0 Å². The lowest BCUT2D eigenvalue weighted by molar-refractivity contribution is -0.384. The quantitative estimate of drug-likeness (QED) is 0.519. The van der Waals surface area contributed by atoms with Crippen LogP contribution in [0.15, 0.2) is 23.3 Å². The highest BCUT2D eigenvalue weighted by molar-refractivity contribution is 6.33. The van der Waals surface area contributed by atoms with Gasteiger partial charge in [-0.15, -0.1) is 0 Å². The van der Waals surface area contributed by atoms with Crippen LogP contribution in [0.5, 0.6) is 0 Å². The van der Waals surface area contributed by atoms with Crippen LogP contribution in [0.1, 0.15) is 38.2 Å². The van der Waals surface area contributed by atoms with Crippen LogP contribution in [0.4, 0.5) is 5.69 Å². The zero-order valence-electron chi connectivity index (χ0n) is 12.8. The molecule has 3 atom stereocenters. The maximum absolute atomic E-state index is 12.3. The molecule has 0 heterocycles. The second kappa shape index (κ2) is 5.92. The first kappa shape index (κ1) is 15.9. The number of carbonyl (C=O) groups is 1. The summed E-state index contributed by atoms with van der Waals surface area (Å²) in [6, 6.07) is 4.10. The van der Waals surface area contributed by atoms with Crippen LogP contribution in [0.3, 0.4) is 0 Å². The summed E-state index contributed by atoms with van der Waals surface area (Å²) >= 11 is 5.99. The first-order valence-electron chi connectivity index (χ1n) is 7.70. The first-order valence-corrected chi connectivity index (χ1v) is 8.08. The molecule has 0 radical (unpaired) electrons. The normalized spacial score (nSPS) is 29.1. The fraction of sp³-hybridized carbons (Fsp3) is 0.500. The molecule has 0 aliphatic heterocycles. The Morgan fingerprint density at radius 3 is 2.96 bits per heavy atom. The molecule has 2 aliphatic rings. The smallest absolute Gasteiger partial charge is 0.270 e. The fourth-order valence-electron chi connectivity index (χ4n) is 3.83. The van der Waals surface area contributed by atoms with E-state index in [2.05, 4.69) is 17.5 Å². The summed E-state index contributed by atoms with van der Waals surface area (Å²) in [5.74, 6) is 0.424. The number of nitrogens with one attached hydrogen (secondary N) is 1. The standard InChI is InChI=1S/C16H18ClN3O3/c1-16-7-3-2-4-12(16)14(16)15(21)19-18-9-10-8-11(20(22)23)5-6-13(10)17/h5-6,8-9,12,14H,2-4,7H2,1H3,(H,19,21). The SMILES string of the molecule is CC12CCCCC1C2C(=O)NN=Cc1cc([N+](=O)[O-])ccc1Cl. The molecule has 7 heteroatoms. The molecule has 0 aromatic heterocycles. The molecular formula is C16H18ClN3O3. The number of carbonyl (C=O) groups excluding carboxylic acids is 1. The molecule has 122 valence electrons. The van der Waals surface area contributed by atoms with Gasteiger partial charge in [0.15, 0.2) is 0 Å². The van der Waals surface area contributed by atoms with Crippen molar-refractivity contribution in [3.63, 3.8) is 0 Å². The Balaban J connectivity index is 1.64. The van der Waals surface area contributed by atoms with Crippen molar-refractivity contribution in [2.24, 2.45) is 22.4 Å². The highest BCUT2D eigenvalue weighted by atomic mass is 35.5. The summed E-state index contributed by atoms with van der Waals surface area (Å²) in [4.78, 5) is 22.5. The number of hydrogen-bond acceptors (Lipinski definition) is 4. The van der Waals surface area contributed by atoms with Crippen LogP contribution in [0.25, 0.3) is 0 Å². The minimum Gasteiger partial charge on any atom is -0.273 e. The molecule has 1 N–H and O–H groups in total. The van der Waals surface area contributed by atoms with Crippen LogP contribution >= 0.6 is 11.6 Å². The fourth-order valence-corrected chi connectivity index (χ4v) is 4.00. The Morgan fingerprint density at radius 2 is 2.30 bits per heavy atom. The summed E-state index contributed by atoms with van der Waals surface area (Å²) in [6.45, 7) is 2.17. The number of nitrogens with zero attached hydrogens (tertiary/aromatic N) is 2. The molecule has 23 heavy (non-hydrogen) atoms. The van der Waals surface area contributed by atoms with E-state index in [9.17, 15) is 14.9 Å². The van der Waals surface area contributed by atoms with Crippen molar-refractivity contribution in [1.82, 2.24) is 5.43 Å². The largest absolute Gasteiger partial charge is 0.273 e. The molecule has 0 saturated heterocycles. The summed E-state index contributed by atoms with van der Waals surface area (Å²) in [7, 11) is 0. The lowest BCUT2D eigenvalue weighted by Gasteiger charge is -2.15. The predicted molar refractivity (Wildman–Crippen MR) is 87.4 cm³/mol. The lowest BCUT2D eigenvalue weighted by Crippen LogP contribution is -2.22. The van der Waals surface area contributed by atoms with E-state index in [1.807, 2.05) is 0 Å². The van der Waals surface area contributed by atoms with Crippen LogP contribution in [-0.4, -0.2) is 17.0 Å². The molecule has 2 aliphatic carbocycles. The Morgan fingerprint density at radius 1 is 1.52 bits per heavy atom. The van der Waals surface area contributed by atoms with Crippen molar-refractivity contribution in [2.75, 3.05) is 0 Å². The van der Waals surface area contributed by atoms with E-state index in [1.165, 1.54) is 37.3 Å². The lowest BCUT2D eigenvalue weighted by atomic mass is 9.90. The Labute approximate surface area is 139 Å². The highest BCUT2D eigenvalue weighted by Gasteiger charge is 2.64. The predicted octanol–water partition coefficient (Wildman–Crippen LogP) is 3.52. The number of hydrogen-bond donors (Lipinski definition) is 1. The molecule has 3 rings (SSSR count). The van der Waals surface area contributed by atoms with Gasteiger partial charge >= 0.3 is 0 Å². The van der Waals surface area contributed by atoms with Gasteiger partial charge in [0.2, 0.25) is 5.91 Å². The van der Waals surface area contributed by atoms with Gasteiger partial charge in [0.05, 0.1) is 11.1 Å². The van der Waals surface area contributed by atoms with Gasteiger partial charge in [-0.1, -0.05) is 31.4 Å². The van der Waals surface area contributed by atoms with E-state index < -0.39 is 4.92 Å². The molecule has 3 unspecified atom stereocenters. The molecule has 0 spiro atoms. The summed E-state index contributed by atoms with van der Waals surface area (Å²) in [6.07, 6.45) is 5.92. The number of hydrazone groups is 1. The second-order valence-corrected chi connectivity index (χ2v) is 6.94. The minimum absolute atomic E-state index is 0.0303. The van der Waals surface area contributed by atoms with Gasteiger partial charge < -0.3 is 0 Å². The van der Waals surface area contributed by atoms with Crippen molar-refractivity contribution in [2.45, 2.75) is 32.6 Å². The van der Waals surface area contributed by atoms with Gasteiger partial charge in [-0.2, -0.15) is 5.10 Å². The van der Waals surface area contributed by atoms with Gasteiger partial charge in [-0.25, -0.2) is 5.43 Å². The summed E-state index contributed by atoms with van der Waals surface area (Å²) in [5.41, 5.74) is 3.02. The Hall–Kier alpha value is -1.95. The van der Waals surface area contributed by atoms with E-state index in [0.717, 1.165) is 12.8 Å². The molecule has 0 bridgehead atoms. The van der Waals surface area contributed by atoms with E-state index in [0.29, 0.717) is 16.5 Å².